The van der Waals surface area contributed by atoms with Crippen LogP contribution in [-0.2, 0) is 11.2 Å². The third-order valence-electron chi connectivity index (χ3n) is 5.69. The highest BCUT2D eigenvalue weighted by molar-refractivity contribution is 5.81. The van der Waals surface area contributed by atoms with Crippen LogP contribution in [0.1, 0.15) is 41.1 Å². The molecule has 0 aliphatic carbocycles. The molecule has 2 heterocycles. The number of rotatable bonds is 3. The van der Waals surface area contributed by atoms with Crippen molar-refractivity contribution in [3.63, 3.8) is 0 Å². The first-order chi connectivity index (χ1) is 12.6. The van der Waals surface area contributed by atoms with Crippen molar-refractivity contribution in [2.75, 3.05) is 13.1 Å². The highest BCUT2D eigenvalue weighted by atomic mass is 16.2. The Balaban J connectivity index is 1.40. The van der Waals surface area contributed by atoms with Gasteiger partial charge in [0.15, 0.2) is 0 Å². The normalized spacial score (nSPS) is 15.5. The Morgan fingerprint density at radius 3 is 2.62 bits per heavy atom. The van der Waals surface area contributed by atoms with Crippen LogP contribution >= 0.6 is 0 Å². The van der Waals surface area contributed by atoms with E-state index in [2.05, 4.69) is 55.2 Å². The highest BCUT2D eigenvalue weighted by Crippen LogP contribution is 2.30. The van der Waals surface area contributed by atoms with E-state index in [1.807, 2.05) is 17.0 Å². The number of aromatic nitrogens is 1. The summed E-state index contributed by atoms with van der Waals surface area (Å²) in [4.78, 5) is 18.3. The molecule has 1 fully saturated rings. The molecule has 1 aliphatic heterocycles. The van der Waals surface area contributed by atoms with Crippen molar-refractivity contribution in [1.82, 2.24) is 9.88 Å². The van der Waals surface area contributed by atoms with Gasteiger partial charge in [0, 0.05) is 30.2 Å². The molecular weight excluding hydrogens is 320 g/mol. The van der Waals surface area contributed by atoms with Crippen molar-refractivity contribution in [1.29, 1.82) is 0 Å². The monoisotopic (exact) mass is 346 g/mol. The predicted octanol–water partition coefficient (Wildman–Crippen LogP) is 4.73. The molecule has 0 bridgehead atoms. The smallest absolute Gasteiger partial charge is 0.226 e. The summed E-state index contributed by atoms with van der Waals surface area (Å²) >= 11 is 0. The average molecular weight is 346 g/mol. The number of amides is 1. The molecule has 4 rings (SSSR count). The number of hydrogen-bond acceptors (Lipinski definition) is 1. The van der Waals surface area contributed by atoms with Crippen LogP contribution < -0.4 is 0 Å². The molecular formula is C23H26N2O. The quantitative estimate of drug-likeness (QED) is 0.731. The zero-order chi connectivity index (χ0) is 18.1. The molecule has 3 aromatic rings. The lowest BCUT2D eigenvalue weighted by molar-refractivity contribution is -0.131. The van der Waals surface area contributed by atoms with E-state index in [1.54, 1.807) is 0 Å². The maximum atomic E-state index is 12.7. The van der Waals surface area contributed by atoms with Crippen LogP contribution in [0.2, 0.25) is 0 Å². The fraction of sp³-hybridized carbons (Fsp3) is 0.348. The van der Waals surface area contributed by atoms with Gasteiger partial charge >= 0.3 is 0 Å². The molecule has 0 spiro atoms. The average Bonchev–Trinajstić information content (AvgIpc) is 3.07. The van der Waals surface area contributed by atoms with Crippen LogP contribution in [0.15, 0.2) is 48.5 Å². The van der Waals surface area contributed by atoms with Crippen molar-refractivity contribution in [3.05, 3.63) is 70.9 Å². The minimum Gasteiger partial charge on any atom is -0.358 e. The number of H-pyrrole nitrogens is 1. The first-order valence-corrected chi connectivity index (χ1v) is 9.52. The van der Waals surface area contributed by atoms with Crippen LogP contribution in [0, 0.1) is 13.8 Å². The number of aryl methyl sites for hydroxylation is 2. The standard InChI is InChI=1S/C23H26N2O/c1-16-7-8-21-20(13-16)14-22(24-21)18-9-11-25(12-10-18)23(26)15-19-6-4-3-5-17(19)2/h3-8,13-14,18,24H,9-12,15H2,1-2H3. The van der Waals surface area contributed by atoms with Gasteiger partial charge in [0.1, 0.15) is 0 Å². The van der Waals surface area contributed by atoms with Gasteiger partial charge < -0.3 is 9.88 Å². The molecule has 1 N–H and O–H groups in total. The third-order valence-corrected chi connectivity index (χ3v) is 5.69. The van der Waals surface area contributed by atoms with E-state index in [4.69, 9.17) is 0 Å². The Labute approximate surface area is 155 Å². The van der Waals surface area contributed by atoms with E-state index in [9.17, 15) is 4.79 Å². The Morgan fingerprint density at radius 2 is 1.85 bits per heavy atom. The number of benzene rings is 2. The molecule has 1 aliphatic rings. The van der Waals surface area contributed by atoms with E-state index in [0.29, 0.717) is 12.3 Å². The molecule has 26 heavy (non-hydrogen) atoms. The minimum absolute atomic E-state index is 0.255. The lowest BCUT2D eigenvalue weighted by Crippen LogP contribution is -2.38. The number of aromatic amines is 1. The maximum absolute atomic E-state index is 12.7. The van der Waals surface area contributed by atoms with Gasteiger partial charge in [0.2, 0.25) is 5.91 Å². The summed E-state index contributed by atoms with van der Waals surface area (Å²) in [5, 5.41) is 1.29. The summed E-state index contributed by atoms with van der Waals surface area (Å²) in [6.07, 6.45) is 2.58. The van der Waals surface area contributed by atoms with E-state index >= 15 is 0 Å². The summed E-state index contributed by atoms with van der Waals surface area (Å²) in [7, 11) is 0. The fourth-order valence-electron chi connectivity index (χ4n) is 4.02. The van der Waals surface area contributed by atoms with Gasteiger partial charge in [0.25, 0.3) is 0 Å². The van der Waals surface area contributed by atoms with Crippen molar-refractivity contribution < 1.29 is 4.79 Å². The molecule has 134 valence electrons. The van der Waals surface area contributed by atoms with Crippen molar-refractivity contribution in [3.8, 4) is 0 Å². The van der Waals surface area contributed by atoms with E-state index in [0.717, 1.165) is 31.5 Å². The second-order valence-corrected chi connectivity index (χ2v) is 7.57. The number of carbonyl (C=O) groups is 1. The number of hydrogen-bond donors (Lipinski definition) is 1. The molecule has 1 saturated heterocycles. The van der Waals surface area contributed by atoms with Crippen molar-refractivity contribution in [2.24, 2.45) is 0 Å². The van der Waals surface area contributed by atoms with E-state index in [1.165, 1.54) is 27.7 Å². The highest BCUT2D eigenvalue weighted by Gasteiger charge is 2.25. The first kappa shape index (κ1) is 16.9. The maximum Gasteiger partial charge on any atom is 0.226 e. The van der Waals surface area contributed by atoms with Gasteiger partial charge in [-0.1, -0.05) is 35.9 Å². The molecule has 0 atom stereocenters. The van der Waals surface area contributed by atoms with Gasteiger partial charge in [-0.3, -0.25) is 4.79 Å². The second-order valence-electron chi connectivity index (χ2n) is 7.57. The molecule has 2 aromatic carbocycles. The Kier molecular flexibility index (Phi) is 4.54. The van der Waals surface area contributed by atoms with Crippen LogP contribution in [0.25, 0.3) is 10.9 Å². The molecule has 0 radical (unpaired) electrons. The van der Waals surface area contributed by atoms with Crippen LogP contribution in [0.4, 0.5) is 0 Å². The largest absolute Gasteiger partial charge is 0.358 e. The first-order valence-electron chi connectivity index (χ1n) is 9.52. The second kappa shape index (κ2) is 6.99. The van der Waals surface area contributed by atoms with E-state index < -0.39 is 0 Å². The van der Waals surface area contributed by atoms with Crippen molar-refractivity contribution >= 4 is 16.8 Å². The summed E-state index contributed by atoms with van der Waals surface area (Å²) in [5.74, 6) is 0.773. The van der Waals surface area contributed by atoms with Crippen molar-refractivity contribution in [2.45, 2.75) is 39.0 Å². The number of nitrogens with zero attached hydrogens (tertiary/aromatic N) is 1. The van der Waals surface area contributed by atoms with Crippen LogP contribution in [0.3, 0.4) is 0 Å². The third kappa shape index (κ3) is 3.39. The number of likely N-dealkylation sites (tertiary alicyclic amines) is 1. The number of carbonyl (C=O) groups excluding carboxylic acids is 1. The van der Waals surface area contributed by atoms with Crippen LogP contribution in [0.5, 0.6) is 0 Å². The molecule has 1 amide bonds. The van der Waals surface area contributed by atoms with Gasteiger partial charge in [-0.2, -0.15) is 0 Å². The SMILES string of the molecule is Cc1ccc2[nH]c(C3CCN(C(=O)Cc4ccccc4C)CC3)cc2c1. The molecule has 3 nitrogen and oxygen atoms in total. The Bertz CT molecular complexity index is 932. The Hall–Kier alpha value is -2.55. The lowest BCUT2D eigenvalue weighted by atomic mass is 9.93. The number of nitrogens with one attached hydrogen (secondary N) is 1. The zero-order valence-electron chi connectivity index (χ0n) is 15.6. The predicted molar refractivity (Wildman–Crippen MR) is 106 cm³/mol. The Morgan fingerprint density at radius 1 is 1.08 bits per heavy atom. The summed E-state index contributed by atoms with van der Waals surface area (Å²) in [6, 6.07) is 17.0. The van der Waals surface area contributed by atoms with Gasteiger partial charge in [-0.15, -0.1) is 0 Å². The molecule has 1 aromatic heterocycles. The molecule has 0 unspecified atom stereocenters. The van der Waals surface area contributed by atoms with Crippen LogP contribution in [-0.4, -0.2) is 28.9 Å². The molecule has 3 heteroatoms. The topological polar surface area (TPSA) is 36.1 Å². The van der Waals surface area contributed by atoms with Gasteiger partial charge in [-0.05, 0) is 61.4 Å². The van der Waals surface area contributed by atoms with Gasteiger partial charge in [-0.25, -0.2) is 0 Å². The van der Waals surface area contributed by atoms with E-state index in [-0.39, 0.29) is 5.91 Å². The summed E-state index contributed by atoms with van der Waals surface area (Å²) in [6.45, 7) is 5.91. The summed E-state index contributed by atoms with van der Waals surface area (Å²) in [5.41, 5.74) is 6.16. The minimum atomic E-state index is 0.255. The lowest BCUT2D eigenvalue weighted by Gasteiger charge is -2.32. The summed E-state index contributed by atoms with van der Waals surface area (Å²) < 4.78 is 0. The number of piperidine rings is 1. The van der Waals surface area contributed by atoms with Gasteiger partial charge in [0.05, 0.1) is 6.42 Å². The fourth-order valence-corrected chi connectivity index (χ4v) is 4.02. The molecule has 0 saturated carbocycles. The zero-order valence-corrected chi connectivity index (χ0v) is 15.6. The number of fused-ring (bicyclic) bond motifs is 1.